The minimum atomic E-state index is -0.665. The highest BCUT2D eigenvalue weighted by Crippen LogP contribution is 2.59. The summed E-state index contributed by atoms with van der Waals surface area (Å²) in [7, 11) is 0. The molecule has 3 aliphatic rings. The smallest absolute Gasteiger partial charge is 0.135 e. The zero-order chi connectivity index (χ0) is 47.0. The van der Waals surface area contributed by atoms with Gasteiger partial charge in [-0.3, -0.25) is 0 Å². The lowest BCUT2D eigenvalue weighted by molar-refractivity contribution is 0.220. The number of phenolic OH excluding ortho intramolecular Hbond substituents is 8. The average Bonchev–Trinajstić information content (AvgIpc) is 4.00. The van der Waals surface area contributed by atoms with Gasteiger partial charge in [-0.15, -0.1) is 0 Å². The highest BCUT2D eigenvalue weighted by Gasteiger charge is 2.46. The van der Waals surface area contributed by atoms with E-state index in [9.17, 15) is 40.9 Å². The predicted octanol–water partition coefficient (Wildman–Crippen LogP) is 12.0. The van der Waals surface area contributed by atoms with E-state index in [1.165, 1.54) is 18.2 Å². The molecule has 0 radical (unpaired) electrons. The molecule has 11 rings (SSSR count). The van der Waals surface area contributed by atoms with Crippen LogP contribution >= 0.6 is 11.6 Å². The first kappa shape index (κ1) is 42.2. The molecule has 68 heavy (non-hydrogen) atoms. The average molecular weight is 925 g/mol. The maximum Gasteiger partial charge on any atom is 0.135 e. The number of rotatable bonds is 8. The van der Waals surface area contributed by atoms with Crippen molar-refractivity contribution in [1.29, 1.82) is 0 Å². The second-order valence-electron chi connectivity index (χ2n) is 17.4. The Kier molecular flexibility index (Phi) is 10.2. The van der Waals surface area contributed by atoms with Crippen molar-refractivity contribution in [1.82, 2.24) is 0 Å². The van der Waals surface area contributed by atoms with Gasteiger partial charge in [-0.25, -0.2) is 0 Å². The predicted molar refractivity (Wildman–Crippen MR) is 254 cm³/mol. The topological polar surface area (TPSA) is 190 Å². The Bertz CT molecular complexity index is 3260. The van der Waals surface area contributed by atoms with Crippen molar-refractivity contribution in [2.45, 2.75) is 36.1 Å². The van der Waals surface area contributed by atoms with Crippen LogP contribution in [0.2, 0.25) is 5.02 Å². The molecule has 0 aromatic heterocycles. The second kappa shape index (κ2) is 16.5. The zero-order valence-electron chi connectivity index (χ0n) is 35.7. The summed E-state index contributed by atoms with van der Waals surface area (Å²) in [6.45, 7) is 0. The quantitative estimate of drug-likeness (QED) is 0.0677. The molecule has 0 unspecified atom stereocenters. The molecule has 8 aromatic rings. The molecule has 0 bridgehead atoms. The molecule has 8 aromatic carbocycles. The van der Waals surface area contributed by atoms with E-state index in [2.05, 4.69) is 0 Å². The number of aromatic hydroxyl groups is 8. The molecule has 3 aliphatic heterocycles. The van der Waals surface area contributed by atoms with Gasteiger partial charge in [0.05, 0.1) is 17.8 Å². The fraction of sp³-hybridized carbons (Fsp3) is 0.107. The molecule has 338 valence electrons. The van der Waals surface area contributed by atoms with Crippen LogP contribution in [0.3, 0.4) is 0 Å². The normalized spacial score (nSPS) is 20.0. The molecule has 0 fully saturated rings. The number of halogens is 1. The molecule has 8 N–H and O–H groups in total. The molecule has 0 spiro atoms. The molecule has 11 nitrogen and oxygen atoms in total. The number of hydrogen-bond acceptors (Lipinski definition) is 11. The van der Waals surface area contributed by atoms with Gasteiger partial charge in [-0.05, 0) is 129 Å². The van der Waals surface area contributed by atoms with Crippen LogP contribution in [0.4, 0.5) is 0 Å². The van der Waals surface area contributed by atoms with E-state index in [0.717, 1.165) is 27.8 Å². The van der Waals surface area contributed by atoms with Crippen molar-refractivity contribution < 1.29 is 55.1 Å². The molecule has 3 heterocycles. The standard InChI is InChI=1S/C56H41ClO11/c57-35-10-4-29(5-11-35)55-51(34-21-40(62)24-41(63)22-34)53-45(25-43(65)27-48(53)68-55)52-44-17-28(2-16-46(44)66-56(52)31-8-14-37(59)15-9-31)1-3-32-18-42(64)26-47-49(32)50(33-19-38(60)23-39(61)20-33)54(67-47)30-6-12-36(58)13-7-30/h1-27,50-52,54-56,58-65H/b3-1+/t50-,51+,52-,54+,55-,56+/m0/s1. The van der Waals surface area contributed by atoms with Crippen LogP contribution < -0.4 is 14.2 Å². The monoisotopic (exact) mass is 924 g/mol. The lowest BCUT2D eigenvalue weighted by Crippen LogP contribution is -2.16. The van der Waals surface area contributed by atoms with Crippen LogP contribution in [0.25, 0.3) is 12.2 Å². The van der Waals surface area contributed by atoms with E-state index in [1.807, 2.05) is 42.5 Å². The number of ether oxygens (including phenoxy) is 3. The van der Waals surface area contributed by atoms with Crippen LogP contribution in [0.5, 0.6) is 63.2 Å². The Labute approximate surface area is 394 Å². The van der Waals surface area contributed by atoms with Gasteiger partial charge < -0.3 is 55.1 Å². The summed E-state index contributed by atoms with van der Waals surface area (Å²) in [5.41, 5.74) is 7.60. The first-order valence-electron chi connectivity index (χ1n) is 21.8. The van der Waals surface area contributed by atoms with Crippen LogP contribution in [0.1, 0.15) is 97.3 Å². The summed E-state index contributed by atoms with van der Waals surface area (Å²) in [6, 6.07) is 41.6. The lowest BCUT2D eigenvalue weighted by atomic mass is 9.76. The Morgan fingerprint density at radius 3 is 1.32 bits per heavy atom. The van der Waals surface area contributed by atoms with Crippen LogP contribution in [0, 0.1) is 0 Å². The van der Waals surface area contributed by atoms with E-state index in [4.69, 9.17) is 25.8 Å². The summed E-state index contributed by atoms with van der Waals surface area (Å²) in [5, 5.41) is 86.4. The third-order valence-electron chi connectivity index (χ3n) is 13.0. The molecular weight excluding hydrogens is 884 g/mol. The summed E-state index contributed by atoms with van der Waals surface area (Å²) in [6.07, 6.45) is 1.78. The fourth-order valence-corrected chi connectivity index (χ4v) is 10.3. The van der Waals surface area contributed by atoms with Crippen molar-refractivity contribution in [3.63, 3.8) is 0 Å². The second-order valence-corrected chi connectivity index (χ2v) is 17.8. The van der Waals surface area contributed by atoms with Crippen LogP contribution in [-0.2, 0) is 0 Å². The number of fused-ring (bicyclic) bond motifs is 3. The summed E-state index contributed by atoms with van der Waals surface area (Å²) >= 11 is 6.33. The van der Waals surface area contributed by atoms with Gasteiger partial charge in [-0.1, -0.05) is 66.2 Å². The minimum absolute atomic E-state index is 0.0436. The van der Waals surface area contributed by atoms with Gasteiger partial charge in [0, 0.05) is 46.0 Å². The Morgan fingerprint density at radius 2 is 0.779 bits per heavy atom. The molecule has 12 heteroatoms. The Hall–Kier alpha value is -8.41. The molecule has 0 saturated heterocycles. The van der Waals surface area contributed by atoms with Crippen molar-refractivity contribution in [2.75, 3.05) is 0 Å². The van der Waals surface area contributed by atoms with Crippen molar-refractivity contribution in [3.8, 4) is 63.2 Å². The van der Waals surface area contributed by atoms with Crippen LogP contribution in [0.15, 0.2) is 152 Å². The minimum Gasteiger partial charge on any atom is -0.508 e. The van der Waals surface area contributed by atoms with Crippen LogP contribution in [-0.4, -0.2) is 40.9 Å². The summed E-state index contributed by atoms with van der Waals surface area (Å²) in [5.74, 6) is -0.848. The van der Waals surface area contributed by atoms with E-state index in [-0.39, 0.29) is 46.0 Å². The largest absolute Gasteiger partial charge is 0.508 e. The van der Waals surface area contributed by atoms with Gasteiger partial charge in [0.2, 0.25) is 0 Å². The maximum atomic E-state index is 11.5. The van der Waals surface area contributed by atoms with Gasteiger partial charge in [0.1, 0.15) is 81.6 Å². The summed E-state index contributed by atoms with van der Waals surface area (Å²) in [4.78, 5) is 0. The number of phenols is 8. The Balaban J connectivity index is 1.05. The van der Waals surface area contributed by atoms with E-state index in [0.29, 0.717) is 55.7 Å². The highest BCUT2D eigenvalue weighted by molar-refractivity contribution is 6.30. The molecule has 0 amide bonds. The third kappa shape index (κ3) is 7.62. The van der Waals surface area contributed by atoms with Crippen molar-refractivity contribution >= 4 is 23.8 Å². The van der Waals surface area contributed by atoms with Gasteiger partial charge in [0.25, 0.3) is 0 Å². The SMILES string of the molecule is Oc1ccc([C@H]2Oc3ccc(/C=C/c4cc(O)cc5c4[C@H](c4cc(O)cc(O)c4)[C@@H](c4ccc(O)cc4)O5)cc3[C@H]2c2cc(O)cc3c2[C@@H](c2cc(O)cc(O)c2)[C@H](c2ccc(Cl)cc2)O3)cc1. The fourth-order valence-electron chi connectivity index (χ4n) is 10.2. The van der Waals surface area contributed by atoms with E-state index in [1.54, 1.807) is 103 Å². The van der Waals surface area contributed by atoms with Gasteiger partial charge >= 0.3 is 0 Å². The number of benzene rings is 8. The lowest BCUT2D eigenvalue weighted by Gasteiger charge is -2.26. The molecule has 0 saturated carbocycles. The molecular formula is C56H41ClO11. The van der Waals surface area contributed by atoms with Crippen molar-refractivity contribution in [2.24, 2.45) is 0 Å². The van der Waals surface area contributed by atoms with Gasteiger partial charge in [-0.2, -0.15) is 0 Å². The molecule has 6 atom stereocenters. The zero-order valence-corrected chi connectivity index (χ0v) is 36.5. The molecule has 0 aliphatic carbocycles. The van der Waals surface area contributed by atoms with Crippen molar-refractivity contribution in [3.05, 3.63) is 218 Å². The van der Waals surface area contributed by atoms with E-state index >= 15 is 0 Å². The third-order valence-corrected chi connectivity index (χ3v) is 13.2. The highest BCUT2D eigenvalue weighted by atomic mass is 35.5. The first-order chi connectivity index (χ1) is 32.8. The summed E-state index contributed by atoms with van der Waals surface area (Å²) < 4.78 is 20.1. The Morgan fingerprint density at radius 1 is 0.338 bits per heavy atom. The number of hydrogen-bond donors (Lipinski definition) is 8. The van der Waals surface area contributed by atoms with Gasteiger partial charge in [0.15, 0.2) is 0 Å². The maximum absolute atomic E-state index is 11.5. The van der Waals surface area contributed by atoms with E-state index < -0.39 is 36.1 Å². The first-order valence-corrected chi connectivity index (χ1v) is 22.2.